The third-order valence-corrected chi connectivity index (χ3v) is 6.05. The molecule has 1 amide bonds. The monoisotopic (exact) mass is 462 g/mol. The van der Waals surface area contributed by atoms with Gasteiger partial charge in [-0.25, -0.2) is 14.8 Å². The summed E-state index contributed by atoms with van der Waals surface area (Å²) in [7, 11) is 2.91. The van der Waals surface area contributed by atoms with Crippen LogP contribution in [0.5, 0.6) is 11.5 Å². The quantitative estimate of drug-likeness (QED) is 0.429. The molecule has 2 aromatic carbocycles. The van der Waals surface area contributed by atoms with E-state index in [0.29, 0.717) is 10.9 Å². The first-order valence-corrected chi connectivity index (χ1v) is 10.8. The molecular weight excluding hydrogens is 444 g/mol. The SMILES string of the molecule is Cn1c(=O)c2c(ncn2CC(=O)Nc2nc3ccc(Oc4ccccc4)cc3s2)n(C)c1=O. The molecule has 3 aromatic heterocycles. The van der Waals surface area contributed by atoms with Crippen molar-refractivity contribution in [3.05, 3.63) is 75.7 Å². The highest BCUT2D eigenvalue weighted by Gasteiger charge is 2.17. The van der Waals surface area contributed by atoms with E-state index >= 15 is 0 Å². The fourth-order valence-corrected chi connectivity index (χ4v) is 4.39. The average molecular weight is 462 g/mol. The minimum atomic E-state index is -0.510. The average Bonchev–Trinajstić information content (AvgIpc) is 3.40. The number of carbonyl (C=O) groups is 1. The Kier molecular flexibility index (Phi) is 5.02. The number of anilines is 1. The van der Waals surface area contributed by atoms with Crippen LogP contribution in [0.1, 0.15) is 0 Å². The van der Waals surface area contributed by atoms with Gasteiger partial charge in [0.2, 0.25) is 5.91 Å². The lowest BCUT2D eigenvalue weighted by Gasteiger charge is -2.06. The predicted molar refractivity (Wildman–Crippen MR) is 125 cm³/mol. The smallest absolute Gasteiger partial charge is 0.332 e. The highest BCUT2D eigenvalue weighted by atomic mass is 32.1. The van der Waals surface area contributed by atoms with Crippen molar-refractivity contribution < 1.29 is 9.53 Å². The number of hydrogen-bond acceptors (Lipinski definition) is 7. The molecule has 0 saturated heterocycles. The number of para-hydroxylation sites is 1. The van der Waals surface area contributed by atoms with E-state index in [4.69, 9.17) is 4.74 Å². The highest BCUT2D eigenvalue weighted by molar-refractivity contribution is 7.22. The summed E-state index contributed by atoms with van der Waals surface area (Å²) in [5.74, 6) is 1.03. The van der Waals surface area contributed by atoms with Crippen molar-refractivity contribution in [3.63, 3.8) is 0 Å². The van der Waals surface area contributed by atoms with Crippen LogP contribution >= 0.6 is 11.3 Å². The molecule has 0 fully saturated rings. The lowest BCUT2D eigenvalue weighted by atomic mass is 10.3. The summed E-state index contributed by atoms with van der Waals surface area (Å²) in [5.41, 5.74) is 0.146. The van der Waals surface area contributed by atoms with Gasteiger partial charge in [0.05, 0.1) is 16.5 Å². The molecule has 0 spiro atoms. The van der Waals surface area contributed by atoms with Gasteiger partial charge in [0.1, 0.15) is 18.0 Å². The highest BCUT2D eigenvalue weighted by Crippen LogP contribution is 2.31. The molecule has 11 heteroatoms. The van der Waals surface area contributed by atoms with Gasteiger partial charge in [-0.05, 0) is 24.3 Å². The Balaban J connectivity index is 1.36. The van der Waals surface area contributed by atoms with Crippen LogP contribution in [0.2, 0.25) is 0 Å². The van der Waals surface area contributed by atoms with E-state index in [9.17, 15) is 14.4 Å². The predicted octanol–water partition coefficient (Wildman–Crippen LogP) is 2.47. The second kappa shape index (κ2) is 8.02. The van der Waals surface area contributed by atoms with E-state index in [1.54, 1.807) is 0 Å². The molecule has 10 nitrogen and oxygen atoms in total. The van der Waals surface area contributed by atoms with Gasteiger partial charge in [0, 0.05) is 20.2 Å². The zero-order valence-corrected chi connectivity index (χ0v) is 18.5. The molecule has 0 saturated carbocycles. The fourth-order valence-electron chi connectivity index (χ4n) is 3.48. The molecule has 5 rings (SSSR count). The van der Waals surface area contributed by atoms with Crippen molar-refractivity contribution in [2.24, 2.45) is 14.1 Å². The zero-order valence-electron chi connectivity index (χ0n) is 17.7. The number of rotatable bonds is 5. The molecule has 0 radical (unpaired) electrons. The van der Waals surface area contributed by atoms with Gasteiger partial charge < -0.3 is 14.6 Å². The van der Waals surface area contributed by atoms with Crippen LogP contribution in [0.15, 0.2) is 64.4 Å². The topological polar surface area (TPSA) is 113 Å². The van der Waals surface area contributed by atoms with E-state index in [0.717, 1.165) is 20.5 Å². The molecule has 0 aliphatic heterocycles. The normalized spacial score (nSPS) is 11.2. The van der Waals surface area contributed by atoms with Crippen LogP contribution in [0.4, 0.5) is 5.13 Å². The van der Waals surface area contributed by atoms with Gasteiger partial charge in [0.15, 0.2) is 16.3 Å². The van der Waals surface area contributed by atoms with Gasteiger partial charge >= 0.3 is 5.69 Å². The number of aryl methyl sites for hydroxylation is 1. The largest absolute Gasteiger partial charge is 0.457 e. The van der Waals surface area contributed by atoms with Crippen LogP contribution in [-0.2, 0) is 25.4 Å². The van der Waals surface area contributed by atoms with Crippen molar-refractivity contribution in [2.45, 2.75) is 6.54 Å². The molecule has 1 N–H and O–H groups in total. The molecule has 3 heterocycles. The van der Waals surface area contributed by atoms with Gasteiger partial charge in [0.25, 0.3) is 5.56 Å². The van der Waals surface area contributed by atoms with Crippen LogP contribution in [0.25, 0.3) is 21.4 Å². The van der Waals surface area contributed by atoms with E-state index < -0.39 is 11.2 Å². The Hall–Kier alpha value is -4.25. The molecule has 0 bridgehead atoms. The lowest BCUT2D eigenvalue weighted by Crippen LogP contribution is -2.37. The summed E-state index contributed by atoms with van der Waals surface area (Å²) in [6, 6.07) is 15.0. The molecule has 0 atom stereocenters. The third kappa shape index (κ3) is 3.78. The molecule has 0 unspecified atom stereocenters. The summed E-state index contributed by atoms with van der Waals surface area (Å²) >= 11 is 1.32. The van der Waals surface area contributed by atoms with E-state index in [1.165, 1.54) is 40.9 Å². The van der Waals surface area contributed by atoms with Gasteiger partial charge in [-0.15, -0.1) is 0 Å². The Morgan fingerprint density at radius 2 is 1.85 bits per heavy atom. The Bertz CT molecular complexity index is 1630. The van der Waals surface area contributed by atoms with Crippen molar-refractivity contribution in [1.82, 2.24) is 23.7 Å². The molecule has 0 aliphatic rings. The van der Waals surface area contributed by atoms with Crippen molar-refractivity contribution in [1.29, 1.82) is 0 Å². The number of benzene rings is 2. The molecule has 0 aliphatic carbocycles. The summed E-state index contributed by atoms with van der Waals surface area (Å²) in [6.45, 7) is -0.151. The molecular formula is C22H18N6O4S. The van der Waals surface area contributed by atoms with Gasteiger partial charge in [-0.3, -0.25) is 18.7 Å². The maximum atomic E-state index is 12.7. The number of fused-ring (bicyclic) bond motifs is 2. The minimum Gasteiger partial charge on any atom is -0.457 e. The van der Waals surface area contributed by atoms with E-state index in [2.05, 4.69) is 15.3 Å². The Morgan fingerprint density at radius 1 is 1.06 bits per heavy atom. The fraction of sp³-hybridized carbons (Fsp3) is 0.136. The van der Waals surface area contributed by atoms with Crippen molar-refractivity contribution in [3.8, 4) is 11.5 Å². The summed E-state index contributed by atoms with van der Waals surface area (Å²) < 4.78 is 10.4. The number of nitrogens with one attached hydrogen (secondary N) is 1. The van der Waals surface area contributed by atoms with Gasteiger partial charge in [-0.1, -0.05) is 29.5 Å². The van der Waals surface area contributed by atoms with Crippen LogP contribution in [-0.4, -0.2) is 29.6 Å². The molecule has 166 valence electrons. The first-order chi connectivity index (χ1) is 15.9. The summed E-state index contributed by atoms with van der Waals surface area (Å²) in [4.78, 5) is 45.8. The van der Waals surface area contributed by atoms with Crippen molar-refractivity contribution >= 4 is 43.8 Å². The first-order valence-electron chi connectivity index (χ1n) is 9.95. The Morgan fingerprint density at radius 3 is 2.64 bits per heavy atom. The van der Waals surface area contributed by atoms with Gasteiger partial charge in [-0.2, -0.15) is 0 Å². The first kappa shape index (κ1) is 20.6. The lowest BCUT2D eigenvalue weighted by molar-refractivity contribution is -0.116. The van der Waals surface area contributed by atoms with Crippen LogP contribution < -0.4 is 21.3 Å². The summed E-state index contributed by atoms with van der Waals surface area (Å²) in [6.07, 6.45) is 1.37. The maximum Gasteiger partial charge on any atom is 0.332 e. The number of imidazole rings is 1. The maximum absolute atomic E-state index is 12.7. The van der Waals surface area contributed by atoms with Crippen LogP contribution in [0.3, 0.4) is 0 Å². The number of carbonyl (C=O) groups excluding carboxylic acids is 1. The number of nitrogens with zero attached hydrogens (tertiary/aromatic N) is 5. The number of ether oxygens (including phenoxy) is 1. The third-order valence-electron chi connectivity index (χ3n) is 5.12. The van der Waals surface area contributed by atoms with E-state index in [1.807, 2.05) is 48.5 Å². The number of aromatic nitrogens is 5. The minimum absolute atomic E-state index is 0.151. The number of hydrogen-bond donors (Lipinski definition) is 1. The molecule has 5 aromatic rings. The van der Waals surface area contributed by atoms with Crippen LogP contribution in [0, 0.1) is 0 Å². The summed E-state index contributed by atoms with van der Waals surface area (Å²) in [5, 5.41) is 3.19. The Labute approximate surface area is 190 Å². The second-order valence-electron chi connectivity index (χ2n) is 7.36. The molecule has 33 heavy (non-hydrogen) atoms. The van der Waals surface area contributed by atoms with E-state index in [-0.39, 0.29) is 23.6 Å². The standard InChI is InChI=1S/C22H18N6O4S/c1-26-19-18(20(30)27(2)22(26)31)28(12-23-19)11-17(29)25-21-24-15-9-8-14(10-16(15)33-21)32-13-6-4-3-5-7-13/h3-10,12H,11H2,1-2H3,(H,24,25,29). The number of thiazole rings is 1. The second-order valence-corrected chi connectivity index (χ2v) is 8.39. The zero-order chi connectivity index (χ0) is 23.1. The van der Waals surface area contributed by atoms with Crippen molar-refractivity contribution in [2.75, 3.05) is 5.32 Å². The number of amides is 1.